The van der Waals surface area contributed by atoms with Crippen molar-refractivity contribution in [3.63, 3.8) is 0 Å². The standard InChI is InChI=1S/C20H26N6O4S2/c1-5-9-26-16-8-7-13(32(28,29)25(3)4)10-15(16)23-17(26)12-31-20-22-11-14(18(21)24-20)19(27)30-6-2/h7-8,10-11H,5-6,9,12H2,1-4H3,(H2,21,22,24). The van der Waals surface area contributed by atoms with Crippen LogP contribution in [0.2, 0.25) is 0 Å². The van der Waals surface area contributed by atoms with Crippen LogP contribution in [0.5, 0.6) is 0 Å². The average molecular weight is 479 g/mol. The van der Waals surface area contributed by atoms with Gasteiger partial charge in [-0.05, 0) is 31.5 Å². The van der Waals surface area contributed by atoms with Crippen molar-refractivity contribution in [1.29, 1.82) is 0 Å². The molecule has 32 heavy (non-hydrogen) atoms. The number of sulfonamides is 1. The van der Waals surface area contributed by atoms with Crippen LogP contribution >= 0.6 is 11.8 Å². The van der Waals surface area contributed by atoms with E-state index in [9.17, 15) is 13.2 Å². The number of rotatable bonds is 9. The highest BCUT2D eigenvalue weighted by atomic mass is 32.2. The average Bonchev–Trinajstić information content (AvgIpc) is 3.09. The fourth-order valence-corrected chi connectivity index (χ4v) is 4.75. The second-order valence-corrected chi connectivity index (χ2v) is 10.2. The zero-order chi connectivity index (χ0) is 23.5. The van der Waals surface area contributed by atoms with Gasteiger partial charge in [-0.25, -0.2) is 32.5 Å². The number of nitrogens with two attached hydrogens (primary N) is 1. The van der Waals surface area contributed by atoms with E-state index in [0.29, 0.717) is 16.4 Å². The minimum absolute atomic E-state index is 0.0570. The second-order valence-electron chi connectivity index (χ2n) is 7.08. The summed E-state index contributed by atoms with van der Waals surface area (Å²) in [4.78, 5) is 25.1. The molecular formula is C20H26N6O4S2. The van der Waals surface area contributed by atoms with Crippen LogP contribution in [0.1, 0.15) is 36.5 Å². The van der Waals surface area contributed by atoms with Crippen molar-refractivity contribution in [2.24, 2.45) is 0 Å². The van der Waals surface area contributed by atoms with E-state index in [1.54, 1.807) is 25.1 Å². The van der Waals surface area contributed by atoms with Crippen LogP contribution in [0.15, 0.2) is 34.4 Å². The van der Waals surface area contributed by atoms with Crippen LogP contribution < -0.4 is 5.73 Å². The molecule has 0 amide bonds. The number of esters is 1. The molecule has 0 aliphatic rings. The molecule has 0 aliphatic carbocycles. The summed E-state index contributed by atoms with van der Waals surface area (Å²) in [5.41, 5.74) is 7.49. The molecule has 3 aromatic rings. The smallest absolute Gasteiger partial charge is 0.343 e. The van der Waals surface area contributed by atoms with Gasteiger partial charge in [-0.15, -0.1) is 0 Å². The van der Waals surface area contributed by atoms with Crippen molar-refractivity contribution in [2.75, 3.05) is 26.4 Å². The summed E-state index contributed by atoms with van der Waals surface area (Å²) in [7, 11) is -0.560. The highest BCUT2D eigenvalue weighted by Gasteiger charge is 2.20. The quantitative estimate of drug-likeness (QED) is 0.280. The van der Waals surface area contributed by atoms with Crippen molar-refractivity contribution < 1.29 is 17.9 Å². The number of hydrogen-bond donors (Lipinski definition) is 1. The molecule has 10 nitrogen and oxygen atoms in total. The number of anilines is 1. The monoisotopic (exact) mass is 478 g/mol. The normalized spacial score (nSPS) is 11.9. The number of thioether (sulfide) groups is 1. The Morgan fingerprint density at radius 1 is 1.25 bits per heavy atom. The van der Waals surface area contributed by atoms with Gasteiger partial charge >= 0.3 is 5.97 Å². The van der Waals surface area contributed by atoms with Crippen LogP contribution in [0, 0.1) is 0 Å². The molecule has 2 aromatic heterocycles. The van der Waals surface area contributed by atoms with Gasteiger partial charge in [-0.3, -0.25) is 0 Å². The number of nitrogens with zero attached hydrogens (tertiary/aromatic N) is 5. The van der Waals surface area contributed by atoms with Gasteiger partial charge in [-0.1, -0.05) is 18.7 Å². The zero-order valence-corrected chi connectivity index (χ0v) is 20.0. The molecular weight excluding hydrogens is 452 g/mol. The van der Waals surface area contributed by atoms with Gasteiger partial charge in [0.1, 0.15) is 17.2 Å². The van der Waals surface area contributed by atoms with Crippen molar-refractivity contribution in [3.05, 3.63) is 35.8 Å². The molecule has 2 N–H and O–H groups in total. The number of ether oxygens (including phenoxy) is 1. The van der Waals surface area contributed by atoms with Crippen LogP contribution in [-0.2, 0) is 27.1 Å². The van der Waals surface area contributed by atoms with E-state index >= 15 is 0 Å². The number of carbonyl (C=O) groups is 1. The van der Waals surface area contributed by atoms with Crippen molar-refractivity contribution >= 4 is 44.6 Å². The van der Waals surface area contributed by atoms with E-state index in [1.165, 1.54) is 36.4 Å². The van der Waals surface area contributed by atoms with Crippen LogP contribution in [-0.4, -0.2) is 58.9 Å². The SMILES string of the molecule is CCCn1c(CSc2ncc(C(=O)OCC)c(N)n2)nc2cc(S(=O)(=O)N(C)C)ccc21. The van der Waals surface area contributed by atoms with Gasteiger partial charge in [0.05, 0.1) is 28.3 Å². The molecule has 1 aromatic carbocycles. The van der Waals surface area contributed by atoms with E-state index in [-0.39, 0.29) is 22.9 Å². The van der Waals surface area contributed by atoms with Gasteiger partial charge < -0.3 is 15.0 Å². The molecule has 0 unspecified atom stereocenters. The fraction of sp³-hybridized carbons (Fsp3) is 0.400. The van der Waals surface area contributed by atoms with Crippen molar-refractivity contribution in [3.8, 4) is 0 Å². The summed E-state index contributed by atoms with van der Waals surface area (Å²) in [5, 5.41) is 0.404. The summed E-state index contributed by atoms with van der Waals surface area (Å²) in [6, 6.07) is 4.97. The molecule has 0 saturated heterocycles. The summed E-state index contributed by atoms with van der Waals surface area (Å²) < 4.78 is 33.1. The Balaban J connectivity index is 1.89. The molecule has 0 spiro atoms. The molecule has 0 atom stereocenters. The Hall–Kier alpha value is -2.70. The summed E-state index contributed by atoms with van der Waals surface area (Å²) >= 11 is 1.33. The van der Waals surface area contributed by atoms with Crippen LogP contribution in [0.3, 0.4) is 0 Å². The van der Waals surface area contributed by atoms with Gasteiger partial charge in [0, 0.05) is 26.8 Å². The fourth-order valence-electron chi connectivity index (χ4n) is 3.06. The summed E-state index contributed by atoms with van der Waals surface area (Å²) in [5.74, 6) is 0.710. The minimum Gasteiger partial charge on any atom is -0.462 e. The van der Waals surface area contributed by atoms with Gasteiger partial charge in [0.2, 0.25) is 10.0 Å². The van der Waals surface area contributed by atoms with E-state index in [1.807, 2.05) is 0 Å². The van der Waals surface area contributed by atoms with Crippen molar-refractivity contribution in [1.82, 2.24) is 23.8 Å². The van der Waals surface area contributed by atoms with Gasteiger partial charge in [0.25, 0.3) is 0 Å². The van der Waals surface area contributed by atoms with Gasteiger partial charge in [-0.2, -0.15) is 0 Å². The lowest BCUT2D eigenvalue weighted by Crippen LogP contribution is -2.22. The van der Waals surface area contributed by atoms with Crippen LogP contribution in [0.25, 0.3) is 11.0 Å². The number of benzene rings is 1. The van der Waals surface area contributed by atoms with E-state index in [2.05, 4.69) is 26.4 Å². The topological polar surface area (TPSA) is 133 Å². The van der Waals surface area contributed by atoms with E-state index < -0.39 is 16.0 Å². The Kier molecular flexibility index (Phi) is 7.36. The number of carbonyl (C=O) groups excluding carboxylic acids is 1. The first kappa shape index (κ1) is 24.0. The number of hydrogen-bond acceptors (Lipinski definition) is 9. The Labute approximate surface area is 191 Å². The molecule has 0 bridgehead atoms. The van der Waals surface area contributed by atoms with Crippen LogP contribution in [0.4, 0.5) is 5.82 Å². The summed E-state index contributed by atoms with van der Waals surface area (Å²) in [6.07, 6.45) is 2.24. The third kappa shape index (κ3) is 4.87. The van der Waals surface area contributed by atoms with E-state index in [4.69, 9.17) is 10.5 Å². The first-order valence-electron chi connectivity index (χ1n) is 10.0. The van der Waals surface area contributed by atoms with Gasteiger partial charge in [0.15, 0.2) is 5.16 Å². The maximum Gasteiger partial charge on any atom is 0.343 e. The first-order chi connectivity index (χ1) is 15.2. The molecule has 0 radical (unpaired) electrons. The van der Waals surface area contributed by atoms with Crippen molar-refractivity contribution in [2.45, 2.75) is 42.6 Å². The Morgan fingerprint density at radius 3 is 2.62 bits per heavy atom. The number of nitrogen functional groups attached to an aromatic ring is 1. The number of aromatic nitrogens is 4. The highest BCUT2D eigenvalue weighted by Crippen LogP contribution is 2.26. The second kappa shape index (κ2) is 9.84. The van der Waals surface area contributed by atoms with E-state index in [0.717, 1.165) is 24.3 Å². The lowest BCUT2D eigenvalue weighted by atomic mass is 10.3. The minimum atomic E-state index is -3.55. The first-order valence-corrected chi connectivity index (χ1v) is 12.5. The molecule has 0 fully saturated rings. The number of imidazole rings is 1. The molecule has 3 rings (SSSR count). The third-order valence-corrected chi connectivity index (χ3v) is 7.31. The largest absolute Gasteiger partial charge is 0.462 e. The zero-order valence-electron chi connectivity index (χ0n) is 18.4. The molecule has 2 heterocycles. The summed E-state index contributed by atoms with van der Waals surface area (Å²) in [6.45, 7) is 4.74. The maximum atomic E-state index is 12.5. The lowest BCUT2D eigenvalue weighted by molar-refractivity contribution is 0.0526. The molecule has 172 valence electrons. The predicted octanol–water partition coefficient (Wildman–Crippen LogP) is 2.54. The Bertz CT molecular complexity index is 1240. The number of aryl methyl sites for hydroxylation is 1. The predicted molar refractivity (Wildman–Crippen MR) is 123 cm³/mol. The molecule has 0 aliphatic heterocycles. The third-order valence-electron chi connectivity index (χ3n) is 4.65. The Morgan fingerprint density at radius 2 is 2.00 bits per heavy atom. The number of fused-ring (bicyclic) bond motifs is 1. The highest BCUT2D eigenvalue weighted by molar-refractivity contribution is 7.98. The molecule has 0 saturated carbocycles. The maximum absolute atomic E-state index is 12.5. The lowest BCUT2D eigenvalue weighted by Gasteiger charge is -2.11. The molecule has 12 heteroatoms.